The van der Waals surface area contributed by atoms with E-state index in [2.05, 4.69) is 5.32 Å². The summed E-state index contributed by atoms with van der Waals surface area (Å²) < 4.78 is 5.27. The minimum atomic E-state index is 0.0726. The van der Waals surface area contributed by atoms with Gasteiger partial charge in [-0.3, -0.25) is 9.59 Å². The third kappa shape index (κ3) is 3.45. The molecule has 2 amide bonds. The number of rotatable bonds is 2. The van der Waals surface area contributed by atoms with E-state index >= 15 is 0 Å². The molecule has 2 aliphatic heterocycles. The van der Waals surface area contributed by atoms with Crippen LogP contribution in [-0.4, -0.2) is 49.1 Å². The van der Waals surface area contributed by atoms with E-state index in [4.69, 9.17) is 4.74 Å². The van der Waals surface area contributed by atoms with Crippen molar-refractivity contribution in [3.05, 3.63) is 0 Å². The van der Waals surface area contributed by atoms with Gasteiger partial charge in [0.05, 0.1) is 0 Å². The van der Waals surface area contributed by atoms with Crippen molar-refractivity contribution in [2.24, 2.45) is 5.92 Å². The summed E-state index contributed by atoms with van der Waals surface area (Å²) in [7, 11) is 0. The number of amides is 2. The van der Waals surface area contributed by atoms with Crippen molar-refractivity contribution >= 4 is 11.8 Å². The van der Waals surface area contributed by atoms with Crippen molar-refractivity contribution in [2.75, 3.05) is 26.3 Å². The van der Waals surface area contributed by atoms with Gasteiger partial charge in [0.2, 0.25) is 11.8 Å². The van der Waals surface area contributed by atoms with Crippen LogP contribution in [0.25, 0.3) is 0 Å². The molecule has 5 heteroatoms. The summed E-state index contributed by atoms with van der Waals surface area (Å²) in [5.74, 6) is 0.340. The quantitative estimate of drug-likeness (QED) is 0.782. The maximum absolute atomic E-state index is 12.1. The van der Waals surface area contributed by atoms with Gasteiger partial charge in [-0.2, -0.15) is 0 Å². The van der Waals surface area contributed by atoms with Gasteiger partial charge in [-0.25, -0.2) is 0 Å². The average Bonchev–Trinajstić information content (AvgIpc) is 2.40. The highest BCUT2D eigenvalue weighted by Crippen LogP contribution is 2.18. The monoisotopic (exact) mass is 254 g/mol. The van der Waals surface area contributed by atoms with Crippen LogP contribution >= 0.6 is 0 Å². The first kappa shape index (κ1) is 13.3. The number of nitrogens with zero attached hydrogens (tertiary/aromatic N) is 1. The molecule has 2 heterocycles. The molecule has 102 valence electrons. The highest BCUT2D eigenvalue weighted by Gasteiger charge is 2.27. The van der Waals surface area contributed by atoms with Crippen LogP contribution in [0.3, 0.4) is 0 Å². The zero-order valence-electron chi connectivity index (χ0n) is 11.0. The zero-order valence-corrected chi connectivity index (χ0v) is 11.0. The smallest absolute Gasteiger partial charge is 0.223 e. The molecule has 2 rings (SSSR count). The summed E-state index contributed by atoms with van der Waals surface area (Å²) >= 11 is 0. The van der Waals surface area contributed by atoms with E-state index in [1.807, 2.05) is 4.90 Å². The Kier molecular flexibility index (Phi) is 4.58. The molecule has 0 atom stereocenters. The molecule has 0 radical (unpaired) electrons. The molecule has 0 unspecified atom stereocenters. The average molecular weight is 254 g/mol. The molecule has 5 nitrogen and oxygen atoms in total. The van der Waals surface area contributed by atoms with E-state index in [-0.39, 0.29) is 23.8 Å². The van der Waals surface area contributed by atoms with E-state index in [1.54, 1.807) is 6.92 Å². The largest absolute Gasteiger partial charge is 0.381 e. The second kappa shape index (κ2) is 6.18. The van der Waals surface area contributed by atoms with Gasteiger partial charge in [-0.15, -0.1) is 0 Å². The lowest BCUT2D eigenvalue weighted by molar-refractivity contribution is -0.134. The Morgan fingerprint density at radius 1 is 1.11 bits per heavy atom. The summed E-state index contributed by atoms with van der Waals surface area (Å²) in [6.07, 6.45) is 3.40. The molecule has 0 aliphatic carbocycles. The highest BCUT2D eigenvalue weighted by atomic mass is 16.5. The van der Waals surface area contributed by atoms with Gasteiger partial charge in [0, 0.05) is 45.2 Å². The fourth-order valence-corrected chi connectivity index (χ4v) is 2.62. The van der Waals surface area contributed by atoms with Gasteiger partial charge in [-0.05, 0) is 25.7 Å². The maximum Gasteiger partial charge on any atom is 0.223 e. The lowest BCUT2D eigenvalue weighted by atomic mass is 9.95. The Balaban J connectivity index is 1.75. The molecule has 0 aromatic heterocycles. The Morgan fingerprint density at radius 3 is 2.28 bits per heavy atom. The van der Waals surface area contributed by atoms with Gasteiger partial charge in [-0.1, -0.05) is 0 Å². The van der Waals surface area contributed by atoms with Gasteiger partial charge in [0.15, 0.2) is 0 Å². The van der Waals surface area contributed by atoms with Gasteiger partial charge in [0.1, 0.15) is 0 Å². The van der Waals surface area contributed by atoms with Crippen molar-refractivity contribution in [2.45, 2.75) is 38.6 Å². The van der Waals surface area contributed by atoms with E-state index < -0.39 is 0 Å². The number of carbonyl (C=O) groups excluding carboxylic acids is 2. The highest BCUT2D eigenvalue weighted by molar-refractivity contribution is 5.79. The van der Waals surface area contributed by atoms with Crippen LogP contribution in [0.15, 0.2) is 0 Å². The van der Waals surface area contributed by atoms with Crippen molar-refractivity contribution in [1.82, 2.24) is 10.2 Å². The molecule has 0 spiro atoms. The van der Waals surface area contributed by atoms with Crippen molar-refractivity contribution < 1.29 is 14.3 Å². The van der Waals surface area contributed by atoms with Crippen molar-refractivity contribution in [3.63, 3.8) is 0 Å². The molecule has 1 N–H and O–H groups in total. The molecule has 0 aromatic rings. The fourth-order valence-electron chi connectivity index (χ4n) is 2.62. The second-order valence-electron chi connectivity index (χ2n) is 5.18. The lowest BCUT2D eigenvalue weighted by Gasteiger charge is -2.32. The molecule has 0 bridgehead atoms. The first-order chi connectivity index (χ1) is 8.66. The van der Waals surface area contributed by atoms with Gasteiger partial charge < -0.3 is 15.0 Å². The standard InChI is InChI=1S/C13H22N2O3/c1-10(16)15-6-2-11(3-7-15)13(17)14-12-4-8-18-9-5-12/h11-12H,2-9H2,1H3,(H,14,17). The Hall–Kier alpha value is -1.10. The lowest BCUT2D eigenvalue weighted by Crippen LogP contribution is -2.46. The maximum atomic E-state index is 12.1. The van der Waals surface area contributed by atoms with E-state index in [1.165, 1.54) is 0 Å². The summed E-state index contributed by atoms with van der Waals surface area (Å²) in [6.45, 7) is 4.49. The fraction of sp³-hybridized carbons (Fsp3) is 0.846. The van der Waals surface area contributed by atoms with Crippen molar-refractivity contribution in [3.8, 4) is 0 Å². The summed E-state index contributed by atoms with van der Waals surface area (Å²) in [6, 6.07) is 0.275. The third-order valence-corrected chi connectivity index (χ3v) is 3.88. The molecule has 0 aromatic carbocycles. The van der Waals surface area contributed by atoms with Crippen molar-refractivity contribution in [1.29, 1.82) is 0 Å². The Morgan fingerprint density at radius 2 is 1.72 bits per heavy atom. The molecule has 2 aliphatic rings. The Bertz CT molecular complexity index is 305. The summed E-state index contributed by atoms with van der Waals surface area (Å²) in [5, 5.41) is 3.11. The SMILES string of the molecule is CC(=O)N1CCC(C(=O)NC2CCOCC2)CC1. The molecule has 0 saturated carbocycles. The molecule has 2 fully saturated rings. The van der Waals surface area contributed by atoms with E-state index in [0.717, 1.165) is 38.9 Å². The van der Waals surface area contributed by atoms with Crippen LogP contribution in [0.4, 0.5) is 0 Å². The minimum absolute atomic E-state index is 0.0726. The number of piperidine rings is 1. The first-order valence-corrected chi connectivity index (χ1v) is 6.80. The van der Waals surface area contributed by atoms with Crippen LogP contribution in [0, 0.1) is 5.92 Å². The van der Waals surface area contributed by atoms with Crippen LogP contribution in [-0.2, 0) is 14.3 Å². The normalized spacial score (nSPS) is 22.8. The van der Waals surface area contributed by atoms with Crippen LogP contribution in [0.2, 0.25) is 0 Å². The third-order valence-electron chi connectivity index (χ3n) is 3.88. The predicted molar refractivity (Wildman–Crippen MR) is 67.0 cm³/mol. The number of ether oxygens (including phenoxy) is 1. The zero-order chi connectivity index (χ0) is 13.0. The number of hydrogen-bond donors (Lipinski definition) is 1. The summed E-state index contributed by atoms with van der Waals surface area (Å²) in [4.78, 5) is 25.1. The minimum Gasteiger partial charge on any atom is -0.381 e. The Labute approximate surface area is 108 Å². The van der Waals surface area contributed by atoms with Gasteiger partial charge >= 0.3 is 0 Å². The van der Waals surface area contributed by atoms with Crippen LogP contribution in [0.5, 0.6) is 0 Å². The first-order valence-electron chi connectivity index (χ1n) is 6.80. The molecular weight excluding hydrogens is 232 g/mol. The molecule has 2 saturated heterocycles. The number of nitrogens with one attached hydrogen (secondary N) is 1. The van der Waals surface area contributed by atoms with Gasteiger partial charge in [0.25, 0.3) is 0 Å². The predicted octanol–water partition coefficient (Wildman–Crippen LogP) is 0.540. The van der Waals surface area contributed by atoms with Crippen LogP contribution in [0.1, 0.15) is 32.6 Å². The molecule has 18 heavy (non-hydrogen) atoms. The van der Waals surface area contributed by atoms with E-state index in [9.17, 15) is 9.59 Å². The number of likely N-dealkylation sites (tertiary alicyclic amines) is 1. The summed E-state index contributed by atoms with van der Waals surface area (Å²) in [5.41, 5.74) is 0. The topological polar surface area (TPSA) is 58.6 Å². The molecular formula is C13H22N2O3. The van der Waals surface area contributed by atoms with E-state index in [0.29, 0.717) is 13.1 Å². The second-order valence-corrected chi connectivity index (χ2v) is 5.18. The number of carbonyl (C=O) groups is 2. The van der Waals surface area contributed by atoms with Crippen LogP contribution < -0.4 is 5.32 Å². The number of hydrogen-bond acceptors (Lipinski definition) is 3.